The highest BCUT2D eigenvalue weighted by Crippen LogP contribution is 2.46. The van der Waals surface area contributed by atoms with Crippen LogP contribution in [0.2, 0.25) is 0 Å². The van der Waals surface area contributed by atoms with Gasteiger partial charge in [0, 0.05) is 37.8 Å². The Morgan fingerprint density at radius 3 is 2.93 bits per heavy atom. The summed E-state index contributed by atoms with van der Waals surface area (Å²) in [5, 5.41) is 10.8. The third-order valence-corrected chi connectivity index (χ3v) is 7.28. The molecule has 2 unspecified atom stereocenters. The lowest BCUT2D eigenvalue weighted by Gasteiger charge is -2.42. The van der Waals surface area contributed by atoms with Gasteiger partial charge in [0.25, 0.3) is 0 Å². The molecular formula is C21H26N6O. The van der Waals surface area contributed by atoms with E-state index in [2.05, 4.69) is 32.8 Å². The molecule has 1 saturated carbocycles. The topological polar surface area (TPSA) is 88.9 Å². The minimum absolute atomic E-state index is 0.0245. The van der Waals surface area contributed by atoms with Crippen LogP contribution in [0, 0.1) is 28.1 Å². The minimum atomic E-state index is -0.770. The number of fused-ring (bicyclic) bond motifs is 2. The molecule has 2 atom stereocenters. The second-order valence-corrected chi connectivity index (χ2v) is 9.09. The van der Waals surface area contributed by atoms with Gasteiger partial charge in [0.2, 0.25) is 5.91 Å². The van der Waals surface area contributed by atoms with Crippen molar-refractivity contribution in [2.45, 2.75) is 39.0 Å². The van der Waals surface area contributed by atoms with Crippen LogP contribution in [-0.4, -0.2) is 51.9 Å². The molecule has 2 aliphatic heterocycles. The Labute approximate surface area is 164 Å². The highest BCUT2D eigenvalue weighted by molar-refractivity contribution is 5.88. The summed E-state index contributed by atoms with van der Waals surface area (Å²) in [6, 6.07) is 4.41. The zero-order valence-corrected chi connectivity index (χ0v) is 16.3. The molecule has 3 aliphatic rings. The Morgan fingerprint density at radius 1 is 1.32 bits per heavy atom. The van der Waals surface area contributed by atoms with Crippen LogP contribution in [0.1, 0.15) is 39.0 Å². The highest BCUT2D eigenvalue weighted by atomic mass is 16.2. The first-order valence-corrected chi connectivity index (χ1v) is 10.3. The number of carbonyl (C=O) groups is 1. The number of hydrogen-bond donors (Lipinski definition) is 1. The fraction of sp³-hybridized carbons (Fsp3) is 0.619. The summed E-state index contributed by atoms with van der Waals surface area (Å²) >= 11 is 0. The Morgan fingerprint density at radius 2 is 2.14 bits per heavy atom. The lowest BCUT2D eigenvalue weighted by Crippen LogP contribution is -2.48. The number of aromatic amines is 1. The Kier molecular flexibility index (Phi) is 3.87. The molecule has 0 aromatic carbocycles. The maximum Gasteiger partial charge on any atom is 0.243 e. The van der Waals surface area contributed by atoms with Crippen LogP contribution in [0.3, 0.4) is 0 Å². The SMILES string of the molecule is CC12CN(C(=O)C3(C#N)CCCC3)CC1CCN(c1ncnc3[nH]ccc13)C2. The van der Waals surface area contributed by atoms with Crippen LogP contribution in [0.4, 0.5) is 5.82 Å². The number of nitrogens with one attached hydrogen (secondary N) is 1. The summed E-state index contributed by atoms with van der Waals surface area (Å²) in [4.78, 5) is 29.6. The molecule has 4 heterocycles. The molecule has 7 heteroatoms. The van der Waals surface area contributed by atoms with Crippen molar-refractivity contribution in [1.82, 2.24) is 19.9 Å². The van der Waals surface area contributed by atoms with E-state index in [1.54, 1.807) is 6.33 Å². The number of aromatic nitrogens is 3. The maximum atomic E-state index is 13.2. The molecule has 3 fully saturated rings. The van der Waals surface area contributed by atoms with Crippen molar-refractivity contribution in [2.75, 3.05) is 31.1 Å². The van der Waals surface area contributed by atoms with Gasteiger partial charge in [0.1, 0.15) is 23.2 Å². The summed E-state index contributed by atoms with van der Waals surface area (Å²) in [7, 11) is 0. The second kappa shape index (κ2) is 6.20. The number of nitrogens with zero attached hydrogens (tertiary/aromatic N) is 5. The molecule has 2 saturated heterocycles. The fourth-order valence-corrected chi connectivity index (χ4v) is 5.66. The number of amides is 1. The average molecular weight is 378 g/mol. The zero-order chi connectivity index (χ0) is 19.4. The van der Waals surface area contributed by atoms with Crippen LogP contribution in [0.25, 0.3) is 11.0 Å². The van der Waals surface area contributed by atoms with Crippen molar-refractivity contribution in [3.63, 3.8) is 0 Å². The van der Waals surface area contributed by atoms with Crippen LogP contribution >= 0.6 is 0 Å². The number of H-pyrrole nitrogens is 1. The van der Waals surface area contributed by atoms with Gasteiger partial charge in [-0.25, -0.2) is 9.97 Å². The predicted octanol–water partition coefficient (Wildman–Crippen LogP) is 2.72. The van der Waals surface area contributed by atoms with Gasteiger partial charge < -0.3 is 14.8 Å². The van der Waals surface area contributed by atoms with E-state index in [0.717, 1.165) is 75.1 Å². The predicted molar refractivity (Wildman–Crippen MR) is 105 cm³/mol. The highest BCUT2D eigenvalue weighted by Gasteiger charge is 2.52. The standard InChI is InChI=1S/C21H26N6O/c1-20-12-26(18-16-4-8-23-17(16)24-14-25-18)9-5-15(20)10-27(13-20)19(28)21(11-22)6-2-3-7-21/h4,8,14-15H,2-3,5-7,9-10,12-13H2,1H3,(H,23,24,25). The van der Waals surface area contributed by atoms with E-state index in [1.165, 1.54) is 0 Å². The second-order valence-electron chi connectivity index (χ2n) is 9.09. The van der Waals surface area contributed by atoms with Gasteiger partial charge in [-0.2, -0.15) is 5.26 Å². The Balaban J connectivity index is 1.38. The number of likely N-dealkylation sites (tertiary alicyclic amines) is 1. The monoisotopic (exact) mass is 378 g/mol. The molecule has 0 radical (unpaired) electrons. The van der Waals surface area contributed by atoms with Gasteiger partial charge in [-0.15, -0.1) is 0 Å². The molecule has 5 rings (SSSR count). The lowest BCUT2D eigenvalue weighted by atomic mass is 9.75. The number of carbonyl (C=O) groups excluding carboxylic acids is 1. The van der Waals surface area contributed by atoms with Gasteiger partial charge in [0.15, 0.2) is 0 Å². The quantitative estimate of drug-likeness (QED) is 0.868. The Hall–Kier alpha value is -2.62. The summed E-state index contributed by atoms with van der Waals surface area (Å²) in [6.45, 7) is 5.62. The molecule has 1 aliphatic carbocycles. The van der Waals surface area contributed by atoms with E-state index in [0.29, 0.717) is 5.92 Å². The molecule has 28 heavy (non-hydrogen) atoms. The number of rotatable bonds is 2. The molecule has 2 aromatic heterocycles. The largest absolute Gasteiger partial charge is 0.355 e. The number of hydrogen-bond acceptors (Lipinski definition) is 5. The molecule has 0 spiro atoms. The molecular weight excluding hydrogens is 352 g/mol. The third-order valence-electron chi connectivity index (χ3n) is 7.28. The minimum Gasteiger partial charge on any atom is -0.355 e. The summed E-state index contributed by atoms with van der Waals surface area (Å²) in [6.07, 6.45) is 7.97. The summed E-state index contributed by atoms with van der Waals surface area (Å²) < 4.78 is 0. The van der Waals surface area contributed by atoms with Gasteiger partial charge in [-0.1, -0.05) is 19.8 Å². The molecule has 2 aromatic rings. The first-order chi connectivity index (χ1) is 13.5. The first-order valence-electron chi connectivity index (χ1n) is 10.3. The third kappa shape index (κ3) is 2.50. The van der Waals surface area contributed by atoms with Crippen molar-refractivity contribution >= 4 is 22.8 Å². The van der Waals surface area contributed by atoms with Gasteiger partial charge in [-0.3, -0.25) is 4.79 Å². The molecule has 7 nitrogen and oxygen atoms in total. The number of nitriles is 1. The average Bonchev–Trinajstić information content (AvgIpc) is 3.43. The van der Waals surface area contributed by atoms with Crippen molar-refractivity contribution in [3.8, 4) is 6.07 Å². The normalized spacial score (nSPS) is 29.1. The molecule has 0 bridgehead atoms. The maximum absolute atomic E-state index is 13.2. The van der Waals surface area contributed by atoms with E-state index in [4.69, 9.17) is 0 Å². The van der Waals surface area contributed by atoms with Crippen molar-refractivity contribution < 1.29 is 4.79 Å². The Bertz CT molecular complexity index is 955. The van der Waals surface area contributed by atoms with E-state index < -0.39 is 5.41 Å². The zero-order valence-electron chi connectivity index (χ0n) is 16.3. The van der Waals surface area contributed by atoms with Crippen molar-refractivity contribution in [1.29, 1.82) is 5.26 Å². The van der Waals surface area contributed by atoms with E-state index >= 15 is 0 Å². The summed E-state index contributed by atoms with van der Waals surface area (Å²) in [5.74, 6) is 1.53. The van der Waals surface area contributed by atoms with E-state index in [-0.39, 0.29) is 11.3 Å². The van der Waals surface area contributed by atoms with E-state index in [9.17, 15) is 10.1 Å². The van der Waals surface area contributed by atoms with Gasteiger partial charge in [-0.05, 0) is 31.2 Å². The number of anilines is 1. The van der Waals surface area contributed by atoms with Crippen molar-refractivity contribution in [2.24, 2.45) is 16.7 Å². The van der Waals surface area contributed by atoms with Crippen LogP contribution in [0.5, 0.6) is 0 Å². The van der Waals surface area contributed by atoms with Crippen molar-refractivity contribution in [3.05, 3.63) is 18.6 Å². The van der Waals surface area contributed by atoms with Crippen LogP contribution in [0.15, 0.2) is 18.6 Å². The lowest BCUT2D eigenvalue weighted by molar-refractivity contribution is -0.138. The van der Waals surface area contributed by atoms with Gasteiger partial charge >= 0.3 is 0 Å². The molecule has 146 valence electrons. The smallest absolute Gasteiger partial charge is 0.243 e. The van der Waals surface area contributed by atoms with E-state index in [1.807, 2.05) is 17.2 Å². The fourth-order valence-electron chi connectivity index (χ4n) is 5.66. The molecule has 1 amide bonds. The summed E-state index contributed by atoms with van der Waals surface area (Å²) in [5.41, 5.74) is 0.113. The van der Waals surface area contributed by atoms with Gasteiger partial charge in [0.05, 0.1) is 11.5 Å². The number of piperidine rings is 1. The van der Waals surface area contributed by atoms with Crippen LogP contribution in [-0.2, 0) is 4.79 Å². The first kappa shape index (κ1) is 17.5. The van der Waals surface area contributed by atoms with Crippen LogP contribution < -0.4 is 4.90 Å². The molecule has 1 N–H and O–H groups in total.